The number of hydrogen-bond acceptors (Lipinski definition) is 3. The molecular weight excluding hydrogens is 104 g/mol. The highest BCUT2D eigenvalue weighted by Gasteiger charge is 1.91. The van der Waals surface area contributed by atoms with Crippen LogP contribution in [0.1, 0.15) is 19.3 Å². The van der Waals surface area contributed by atoms with Crippen molar-refractivity contribution in [3.8, 4) is 0 Å². The summed E-state index contributed by atoms with van der Waals surface area (Å²) >= 11 is 0. The summed E-state index contributed by atoms with van der Waals surface area (Å²) in [6, 6.07) is 0. The van der Waals surface area contributed by atoms with Gasteiger partial charge in [-0.05, 0) is 12.8 Å². The van der Waals surface area contributed by atoms with Crippen molar-refractivity contribution in [2.45, 2.75) is 25.4 Å². The van der Waals surface area contributed by atoms with Crippen molar-refractivity contribution in [1.29, 1.82) is 0 Å². The molecule has 0 radical (unpaired) electrons. The van der Waals surface area contributed by atoms with Crippen LogP contribution in [0.5, 0.6) is 0 Å². The van der Waals surface area contributed by atoms with E-state index in [1.807, 2.05) is 0 Å². The first-order valence-electron chi connectivity index (χ1n) is 2.72. The van der Waals surface area contributed by atoms with E-state index in [9.17, 15) is 4.79 Å². The predicted molar refractivity (Wildman–Crippen MR) is 32.1 cm³/mol. The third-order valence-corrected chi connectivity index (χ3v) is 0.859. The van der Waals surface area contributed by atoms with Gasteiger partial charge in [0.1, 0.15) is 6.29 Å². The minimum absolute atomic E-state index is 0.255. The molecule has 0 bridgehead atoms. The molecule has 0 spiro atoms. The van der Waals surface area contributed by atoms with Crippen molar-refractivity contribution in [3.05, 3.63) is 0 Å². The van der Waals surface area contributed by atoms with Crippen LogP contribution in [0.2, 0.25) is 0 Å². The maximum absolute atomic E-state index is 9.70. The minimum atomic E-state index is -0.255. The Morgan fingerprint density at radius 2 is 2.12 bits per heavy atom. The zero-order chi connectivity index (χ0) is 6.41. The second kappa shape index (κ2) is 4.74. The van der Waals surface area contributed by atoms with Crippen molar-refractivity contribution >= 4 is 6.29 Å². The van der Waals surface area contributed by atoms with E-state index in [4.69, 9.17) is 11.5 Å². The topological polar surface area (TPSA) is 69.1 Å². The van der Waals surface area contributed by atoms with Crippen molar-refractivity contribution in [1.82, 2.24) is 0 Å². The molecule has 8 heavy (non-hydrogen) atoms. The lowest BCUT2D eigenvalue weighted by Gasteiger charge is -1.99. The molecule has 0 saturated heterocycles. The molecule has 3 nitrogen and oxygen atoms in total. The number of aldehydes is 1. The highest BCUT2D eigenvalue weighted by Crippen LogP contribution is 1.90. The monoisotopic (exact) mass is 116 g/mol. The van der Waals surface area contributed by atoms with Gasteiger partial charge in [0.05, 0.1) is 6.17 Å². The maximum atomic E-state index is 9.70. The molecule has 3 heteroatoms. The van der Waals surface area contributed by atoms with Crippen LogP contribution >= 0.6 is 0 Å². The highest BCUT2D eigenvalue weighted by molar-refractivity contribution is 5.48. The molecule has 0 amide bonds. The molecule has 0 aliphatic rings. The molecule has 0 unspecified atom stereocenters. The van der Waals surface area contributed by atoms with E-state index < -0.39 is 0 Å². The van der Waals surface area contributed by atoms with Gasteiger partial charge in [0.15, 0.2) is 0 Å². The Balaban J connectivity index is 2.81. The lowest BCUT2D eigenvalue weighted by molar-refractivity contribution is -0.107. The van der Waals surface area contributed by atoms with Gasteiger partial charge in [0.25, 0.3) is 0 Å². The summed E-state index contributed by atoms with van der Waals surface area (Å²) in [6.45, 7) is 0. The van der Waals surface area contributed by atoms with E-state index in [0.29, 0.717) is 6.42 Å². The molecular formula is C5H12N2O. The van der Waals surface area contributed by atoms with Gasteiger partial charge in [-0.3, -0.25) is 0 Å². The van der Waals surface area contributed by atoms with Gasteiger partial charge < -0.3 is 16.3 Å². The third kappa shape index (κ3) is 5.59. The standard InChI is InChI=1S/C5H12N2O/c6-5(7)3-1-2-4-8/h4-5H,1-3,6-7H2. The number of unbranched alkanes of at least 4 members (excludes halogenated alkanes) is 1. The summed E-state index contributed by atoms with van der Waals surface area (Å²) in [4.78, 5) is 9.70. The van der Waals surface area contributed by atoms with Gasteiger partial charge in [0, 0.05) is 6.42 Å². The Hall–Kier alpha value is -0.410. The summed E-state index contributed by atoms with van der Waals surface area (Å²) in [5.41, 5.74) is 10.4. The molecule has 0 aliphatic heterocycles. The largest absolute Gasteiger partial charge is 0.316 e. The fraction of sp³-hybridized carbons (Fsp3) is 0.800. The Morgan fingerprint density at radius 3 is 2.50 bits per heavy atom. The lowest BCUT2D eigenvalue weighted by atomic mass is 10.2. The minimum Gasteiger partial charge on any atom is -0.316 e. The summed E-state index contributed by atoms with van der Waals surface area (Å²) in [5.74, 6) is 0. The second-order valence-corrected chi connectivity index (χ2v) is 1.76. The van der Waals surface area contributed by atoms with Crippen LogP contribution in [0.15, 0.2) is 0 Å². The first-order chi connectivity index (χ1) is 3.77. The van der Waals surface area contributed by atoms with Gasteiger partial charge in [-0.25, -0.2) is 0 Å². The van der Waals surface area contributed by atoms with Crippen LogP contribution in [0.25, 0.3) is 0 Å². The predicted octanol–water partition coefficient (Wildman–Crippen LogP) is -0.401. The fourth-order valence-electron chi connectivity index (χ4n) is 0.437. The van der Waals surface area contributed by atoms with Crippen molar-refractivity contribution in [2.24, 2.45) is 11.5 Å². The van der Waals surface area contributed by atoms with Gasteiger partial charge in [-0.2, -0.15) is 0 Å². The highest BCUT2D eigenvalue weighted by atomic mass is 16.1. The molecule has 0 rings (SSSR count). The van der Waals surface area contributed by atoms with Gasteiger partial charge in [-0.1, -0.05) is 0 Å². The second-order valence-electron chi connectivity index (χ2n) is 1.76. The number of nitrogens with two attached hydrogens (primary N) is 2. The van der Waals surface area contributed by atoms with E-state index in [2.05, 4.69) is 0 Å². The molecule has 0 aromatic carbocycles. The van der Waals surface area contributed by atoms with E-state index >= 15 is 0 Å². The van der Waals surface area contributed by atoms with Crippen LogP contribution in [0.4, 0.5) is 0 Å². The average molecular weight is 116 g/mol. The molecule has 0 saturated carbocycles. The fourth-order valence-corrected chi connectivity index (χ4v) is 0.437. The zero-order valence-corrected chi connectivity index (χ0v) is 4.84. The summed E-state index contributed by atoms with van der Waals surface area (Å²) in [7, 11) is 0. The molecule has 0 heterocycles. The van der Waals surface area contributed by atoms with Gasteiger partial charge >= 0.3 is 0 Å². The Bertz CT molecular complexity index is 63.4. The van der Waals surface area contributed by atoms with Crippen molar-refractivity contribution in [3.63, 3.8) is 0 Å². The number of carbonyl (C=O) groups excluding carboxylic acids is 1. The van der Waals surface area contributed by atoms with E-state index in [0.717, 1.165) is 19.1 Å². The van der Waals surface area contributed by atoms with E-state index in [1.165, 1.54) is 0 Å². The molecule has 0 aromatic heterocycles. The van der Waals surface area contributed by atoms with Crippen LogP contribution in [-0.4, -0.2) is 12.5 Å². The Labute approximate surface area is 49.0 Å². The summed E-state index contributed by atoms with van der Waals surface area (Å²) in [6.07, 6.45) is 2.74. The summed E-state index contributed by atoms with van der Waals surface area (Å²) in [5, 5.41) is 0. The van der Waals surface area contributed by atoms with Gasteiger partial charge in [-0.15, -0.1) is 0 Å². The number of rotatable bonds is 4. The van der Waals surface area contributed by atoms with Gasteiger partial charge in [0.2, 0.25) is 0 Å². The van der Waals surface area contributed by atoms with Crippen molar-refractivity contribution in [2.75, 3.05) is 0 Å². The molecule has 0 aliphatic carbocycles. The first kappa shape index (κ1) is 7.59. The quantitative estimate of drug-likeness (QED) is 0.298. The van der Waals surface area contributed by atoms with Crippen LogP contribution in [-0.2, 0) is 4.79 Å². The van der Waals surface area contributed by atoms with E-state index in [-0.39, 0.29) is 6.17 Å². The van der Waals surface area contributed by atoms with Crippen LogP contribution in [0.3, 0.4) is 0 Å². The van der Waals surface area contributed by atoms with Crippen LogP contribution in [0, 0.1) is 0 Å². The Kier molecular flexibility index (Phi) is 4.50. The smallest absolute Gasteiger partial charge is 0.119 e. The average Bonchev–Trinajstić information content (AvgIpc) is 1.66. The zero-order valence-electron chi connectivity index (χ0n) is 4.84. The normalized spacial score (nSPS) is 9.88. The molecule has 0 aromatic rings. The first-order valence-corrected chi connectivity index (χ1v) is 2.72. The summed E-state index contributed by atoms with van der Waals surface area (Å²) < 4.78 is 0. The number of carbonyl (C=O) groups is 1. The molecule has 0 fully saturated rings. The maximum Gasteiger partial charge on any atom is 0.119 e. The molecule has 0 atom stereocenters. The van der Waals surface area contributed by atoms with Crippen LogP contribution < -0.4 is 11.5 Å². The molecule has 4 N–H and O–H groups in total. The SMILES string of the molecule is NC(N)CCCC=O. The molecule has 48 valence electrons. The number of hydrogen-bond donors (Lipinski definition) is 2. The van der Waals surface area contributed by atoms with Crippen molar-refractivity contribution < 1.29 is 4.79 Å². The third-order valence-electron chi connectivity index (χ3n) is 0.859. The Morgan fingerprint density at radius 1 is 1.50 bits per heavy atom. The lowest BCUT2D eigenvalue weighted by Crippen LogP contribution is -2.29. The van der Waals surface area contributed by atoms with E-state index in [1.54, 1.807) is 0 Å².